The second kappa shape index (κ2) is 8.49. The van der Waals surface area contributed by atoms with Crippen molar-refractivity contribution in [2.24, 2.45) is 5.73 Å². The second-order valence-electron chi connectivity index (χ2n) is 7.45. The lowest BCUT2D eigenvalue weighted by Crippen LogP contribution is -2.43. The molecule has 160 valence electrons. The molecule has 6 N–H and O–H groups in total. The van der Waals surface area contributed by atoms with E-state index in [1.54, 1.807) is 4.68 Å². The van der Waals surface area contributed by atoms with Gasteiger partial charge in [0.2, 0.25) is 5.95 Å². The Hall–Kier alpha value is -2.85. The molecule has 1 aliphatic rings. The number of benzene rings is 1. The van der Waals surface area contributed by atoms with Crippen LogP contribution >= 0.6 is 11.6 Å². The minimum Gasteiger partial charge on any atom is -0.507 e. The molecule has 1 aromatic carbocycles. The number of aromatic hydroxyl groups is 2. The molecule has 0 saturated heterocycles. The second-order valence-corrected chi connectivity index (χ2v) is 7.88. The van der Waals surface area contributed by atoms with Gasteiger partial charge in [-0.05, 0) is 31.9 Å². The zero-order chi connectivity index (χ0) is 21.3. The molecule has 1 fully saturated rings. The summed E-state index contributed by atoms with van der Waals surface area (Å²) in [4.78, 5) is 9.18. The molecule has 1 aliphatic carbocycles. The number of halogens is 1. The number of aromatic nitrogens is 5. The van der Waals surface area contributed by atoms with Crippen LogP contribution in [0.3, 0.4) is 0 Å². The molecule has 0 aliphatic heterocycles. The Labute approximate surface area is 178 Å². The van der Waals surface area contributed by atoms with Crippen molar-refractivity contribution in [2.45, 2.75) is 57.8 Å². The lowest BCUT2D eigenvalue weighted by atomic mass is 9.91. The summed E-state index contributed by atoms with van der Waals surface area (Å²) in [6.45, 7) is 2.67. The number of nitrogens with one attached hydrogen (secondary N) is 2. The average Bonchev–Trinajstić information content (AvgIpc) is 3.12. The summed E-state index contributed by atoms with van der Waals surface area (Å²) >= 11 is 5.86. The van der Waals surface area contributed by atoms with E-state index in [1.165, 1.54) is 12.1 Å². The molecule has 0 amide bonds. The Morgan fingerprint density at radius 1 is 1.20 bits per heavy atom. The zero-order valence-electron chi connectivity index (χ0n) is 16.6. The summed E-state index contributed by atoms with van der Waals surface area (Å²) in [6, 6.07) is 2.89. The SMILES string of the molecule is CCn1nnc2c(NCc3c(O)cc(Cl)cc3O)nc(NC3CCCCC3N)nc21. The van der Waals surface area contributed by atoms with Gasteiger partial charge in [0.15, 0.2) is 17.0 Å². The Morgan fingerprint density at radius 2 is 1.93 bits per heavy atom. The van der Waals surface area contributed by atoms with Gasteiger partial charge in [0, 0.05) is 30.2 Å². The first-order valence-electron chi connectivity index (χ1n) is 10.0. The number of hydrogen-bond acceptors (Lipinski definition) is 9. The molecule has 2 atom stereocenters. The Bertz CT molecular complexity index is 1030. The van der Waals surface area contributed by atoms with Crippen molar-refractivity contribution in [2.75, 3.05) is 10.6 Å². The van der Waals surface area contributed by atoms with Gasteiger partial charge in [-0.15, -0.1) is 5.10 Å². The maximum absolute atomic E-state index is 10.1. The van der Waals surface area contributed by atoms with E-state index < -0.39 is 0 Å². The van der Waals surface area contributed by atoms with Gasteiger partial charge in [-0.2, -0.15) is 9.97 Å². The highest BCUT2D eigenvalue weighted by Gasteiger charge is 2.24. The van der Waals surface area contributed by atoms with Crippen LogP contribution in [0.4, 0.5) is 11.8 Å². The molecule has 30 heavy (non-hydrogen) atoms. The van der Waals surface area contributed by atoms with Crippen molar-refractivity contribution < 1.29 is 10.2 Å². The summed E-state index contributed by atoms with van der Waals surface area (Å²) in [6.07, 6.45) is 4.17. The lowest BCUT2D eigenvalue weighted by Gasteiger charge is -2.29. The highest BCUT2D eigenvalue weighted by atomic mass is 35.5. The predicted molar refractivity (Wildman–Crippen MR) is 115 cm³/mol. The van der Waals surface area contributed by atoms with Gasteiger partial charge in [-0.25, -0.2) is 4.68 Å². The van der Waals surface area contributed by atoms with E-state index in [0.29, 0.717) is 35.0 Å². The van der Waals surface area contributed by atoms with Crippen LogP contribution < -0.4 is 16.4 Å². The third kappa shape index (κ3) is 4.05. The Balaban J connectivity index is 1.65. The van der Waals surface area contributed by atoms with E-state index >= 15 is 0 Å². The Morgan fingerprint density at radius 3 is 2.63 bits per heavy atom. The van der Waals surface area contributed by atoms with Crippen LogP contribution in [0.1, 0.15) is 38.2 Å². The third-order valence-corrected chi connectivity index (χ3v) is 5.61. The number of phenols is 2. The molecule has 0 bridgehead atoms. The van der Waals surface area contributed by atoms with Crippen LogP contribution in [0, 0.1) is 0 Å². The summed E-state index contributed by atoms with van der Waals surface area (Å²) in [5.74, 6) is 0.664. The van der Waals surface area contributed by atoms with Crippen molar-refractivity contribution in [3.63, 3.8) is 0 Å². The van der Waals surface area contributed by atoms with Gasteiger partial charge in [-0.1, -0.05) is 29.7 Å². The molecule has 11 heteroatoms. The number of fused-ring (bicyclic) bond motifs is 1. The van der Waals surface area contributed by atoms with Crippen LogP contribution in [-0.4, -0.2) is 47.3 Å². The number of anilines is 2. The first kappa shape index (κ1) is 20.4. The van der Waals surface area contributed by atoms with E-state index in [9.17, 15) is 10.2 Å². The molecule has 1 saturated carbocycles. The smallest absolute Gasteiger partial charge is 0.227 e. The highest BCUT2D eigenvalue weighted by Crippen LogP contribution is 2.32. The number of rotatable bonds is 6. The van der Waals surface area contributed by atoms with Gasteiger partial charge in [0.05, 0.1) is 5.56 Å². The van der Waals surface area contributed by atoms with Gasteiger partial charge in [0.25, 0.3) is 0 Å². The van der Waals surface area contributed by atoms with Crippen molar-refractivity contribution in [1.29, 1.82) is 0 Å². The molecule has 0 spiro atoms. The molecule has 2 heterocycles. The maximum Gasteiger partial charge on any atom is 0.227 e. The lowest BCUT2D eigenvalue weighted by molar-refractivity contribution is 0.402. The fourth-order valence-corrected chi connectivity index (χ4v) is 3.93. The Kier molecular flexibility index (Phi) is 5.78. The minimum absolute atomic E-state index is 0.0478. The molecule has 4 rings (SSSR count). The summed E-state index contributed by atoms with van der Waals surface area (Å²) < 4.78 is 1.69. The molecular formula is C19H25ClN8O2. The largest absolute Gasteiger partial charge is 0.507 e. The molecule has 2 aromatic heterocycles. The van der Waals surface area contributed by atoms with Crippen molar-refractivity contribution in [3.8, 4) is 11.5 Å². The van der Waals surface area contributed by atoms with Crippen LogP contribution in [0.15, 0.2) is 12.1 Å². The van der Waals surface area contributed by atoms with Crippen LogP contribution in [-0.2, 0) is 13.1 Å². The molecule has 3 aromatic rings. The molecule has 2 unspecified atom stereocenters. The van der Waals surface area contributed by atoms with Crippen LogP contribution in [0.2, 0.25) is 5.02 Å². The third-order valence-electron chi connectivity index (χ3n) is 5.40. The number of phenolic OH excluding ortho intramolecular Hbond substituents is 2. The zero-order valence-corrected chi connectivity index (χ0v) is 17.4. The topological polar surface area (TPSA) is 147 Å². The fourth-order valence-electron chi connectivity index (χ4n) is 3.72. The van der Waals surface area contributed by atoms with Crippen molar-refractivity contribution in [3.05, 3.63) is 22.7 Å². The van der Waals surface area contributed by atoms with Crippen LogP contribution in [0.5, 0.6) is 11.5 Å². The highest BCUT2D eigenvalue weighted by molar-refractivity contribution is 6.30. The number of hydrogen-bond donors (Lipinski definition) is 5. The monoisotopic (exact) mass is 432 g/mol. The quantitative estimate of drug-likeness (QED) is 0.396. The van der Waals surface area contributed by atoms with E-state index in [4.69, 9.17) is 17.3 Å². The summed E-state index contributed by atoms with van der Waals surface area (Å²) in [5.41, 5.74) is 7.66. The number of nitrogens with two attached hydrogens (primary N) is 1. The fraction of sp³-hybridized carbons (Fsp3) is 0.474. The van der Waals surface area contributed by atoms with Gasteiger partial charge in [-0.3, -0.25) is 0 Å². The van der Waals surface area contributed by atoms with E-state index in [0.717, 1.165) is 25.7 Å². The van der Waals surface area contributed by atoms with E-state index in [1.807, 2.05) is 6.92 Å². The van der Waals surface area contributed by atoms with Crippen LogP contribution in [0.25, 0.3) is 11.2 Å². The molecular weight excluding hydrogens is 408 g/mol. The number of aryl methyl sites for hydroxylation is 1. The summed E-state index contributed by atoms with van der Waals surface area (Å²) in [5, 5.41) is 35.3. The van der Waals surface area contributed by atoms with E-state index in [-0.39, 0.29) is 35.2 Å². The minimum atomic E-state index is -0.110. The van der Waals surface area contributed by atoms with Crippen molar-refractivity contribution in [1.82, 2.24) is 25.0 Å². The van der Waals surface area contributed by atoms with Gasteiger partial charge >= 0.3 is 0 Å². The molecule has 0 radical (unpaired) electrons. The standard InChI is InChI=1S/C19H25ClN8O2/c1-2-28-18-16(26-27-28)17(22-9-11-14(29)7-10(20)8-15(11)30)24-19(25-18)23-13-6-4-3-5-12(13)21/h7-8,12-13,29-30H,2-6,9,21H2,1H3,(H2,22,23,24,25). The first-order chi connectivity index (χ1) is 14.5. The van der Waals surface area contributed by atoms with Gasteiger partial charge < -0.3 is 26.6 Å². The van der Waals surface area contributed by atoms with Crippen molar-refractivity contribution >= 4 is 34.5 Å². The molecule has 10 nitrogen and oxygen atoms in total. The first-order valence-corrected chi connectivity index (χ1v) is 10.4. The predicted octanol–water partition coefficient (Wildman–Crippen LogP) is 2.60. The number of nitrogens with zero attached hydrogens (tertiary/aromatic N) is 5. The maximum atomic E-state index is 10.1. The normalized spacial score (nSPS) is 19.2. The average molecular weight is 433 g/mol. The van der Waals surface area contributed by atoms with E-state index in [2.05, 4.69) is 30.9 Å². The summed E-state index contributed by atoms with van der Waals surface area (Å²) in [7, 11) is 0. The van der Waals surface area contributed by atoms with Gasteiger partial charge in [0.1, 0.15) is 11.5 Å².